The fourth-order valence-corrected chi connectivity index (χ4v) is 2.86. The zero-order valence-corrected chi connectivity index (χ0v) is 12.6. The van der Waals surface area contributed by atoms with Gasteiger partial charge in [-0.3, -0.25) is 9.69 Å². The zero-order valence-electron chi connectivity index (χ0n) is 12.6. The van der Waals surface area contributed by atoms with Gasteiger partial charge in [0.1, 0.15) is 12.6 Å². The van der Waals surface area contributed by atoms with Gasteiger partial charge in [-0.1, -0.05) is 13.8 Å². The molecular formula is C14H23N3O4. The molecule has 0 aliphatic carbocycles. The number of hydrogen-bond donors (Lipinski definition) is 2. The first-order valence-electron chi connectivity index (χ1n) is 7.35. The normalized spacial score (nSPS) is 26.0. The number of carbonyl (C=O) groups excluding carboxylic acids is 2. The number of carbonyl (C=O) groups is 3. The Labute approximate surface area is 124 Å². The summed E-state index contributed by atoms with van der Waals surface area (Å²) < 4.78 is 0. The Hall–Kier alpha value is -1.79. The summed E-state index contributed by atoms with van der Waals surface area (Å²) in [5, 5.41) is 11.7. The van der Waals surface area contributed by atoms with Crippen LogP contribution in [0.25, 0.3) is 0 Å². The number of urea groups is 1. The topological polar surface area (TPSA) is 90.0 Å². The molecule has 2 N–H and O–H groups in total. The maximum Gasteiger partial charge on any atom is 0.328 e. The molecule has 0 bridgehead atoms. The minimum absolute atomic E-state index is 0.0285. The lowest BCUT2D eigenvalue weighted by molar-refractivity contribution is -0.144. The Morgan fingerprint density at radius 1 is 1.29 bits per heavy atom. The third-order valence-electron chi connectivity index (χ3n) is 4.32. The van der Waals surface area contributed by atoms with Gasteiger partial charge in [-0.2, -0.15) is 0 Å². The van der Waals surface area contributed by atoms with E-state index in [1.165, 1.54) is 4.90 Å². The van der Waals surface area contributed by atoms with E-state index in [1.54, 1.807) is 4.90 Å². The van der Waals surface area contributed by atoms with E-state index in [2.05, 4.69) is 19.2 Å². The average Bonchev–Trinajstić information content (AvgIpc) is 2.58. The van der Waals surface area contributed by atoms with Gasteiger partial charge in [-0.05, 0) is 24.7 Å². The van der Waals surface area contributed by atoms with Crippen molar-refractivity contribution >= 4 is 17.9 Å². The van der Waals surface area contributed by atoms with Crippen molar-refractivity contribution in [2.24, 2.45) is 5.41 Å². The second-order valence-electron chi connectivity index (χ2n) is 6.57. The van der Waals surface area contributed by atoms with Gasteiger partial charge in [0.25, 0.3) is 0 Å². The molecule has 3 amide bonds. The first-order valence-corrected chi connectivity index (χ1v) is 7.35. The fourth-order valence-electron chi connectivity index (χ4n) is 2.86. The largest absolute Gasteiger partial charge is 0.480 e. The Morgan fingerprint density at radius 3 is 2.67 bits per heavy atom. The van der Waals surface area contributed by atoms with E-state index in [-0.39, 0.29) is 30.4 Å². The lowest BCUT2D eigenvalue weighted by Gasteiger charge is -2.36. The summed E-state index contributed by atoms with van der Waals surface area (Å²) in [6.45, 7) is 5.36. The number of hydrogen-bond acceptors (Lipinski definition) is 3. The minimum atomic E-state index is -1.08. The number of nitrogens with one attached hydrogen (secondary N) is 1. The van der Waals surface area contributed by atoms with E-state index in [4.69, 9.17) is 0 Å². The van der Waals surface area contributed by atoms with Gasteiger partial charge in [0.15, 0.2) is 0 Å². The van der Waals surface area contributed by atoms with Crippen molar-refractivity contribution in [3.8, 4) is 0 Å². The first-order chi connectivity index (χ1) is 9.80. The molecule has 0 aromatic rings. The molecule has 2 heterocycles. The van der Waals surface area contributed by atoms with Crippen LogP contribution in [0.15, 0.2) is 0 Å². The molecule has 7 heteroatoms. The van der Waals surface area contributed by atoms with E-state index in [9.17, 15) is 19.5 Å². The molecule has 0 saturated carbocycles. The summed E-state index contributed by atoms with van der Waals surface area (Å²) in [5.41, 5.74) is 0.195. The Kier molecular flexibility index (Phi) is 4.39. The molecule has 2 saturated heterocycles. The van der Waals surface area contributed by atoms with Gasteiger partial charge in [-0.15, -0.1) is 0 Å². The molecule has 2 rings (SSSR count). The Morgan fingerprint density at radius 2 is 2.00 bits per heavy atom. The van der Waals surface area contributed by atoms with Gasteiger partial charge >= 0.3 is 12.0 Å². The van der Waals surface area contributed by atoms with Crippen LogP contribution < -0.4 is 5.32 Å². The van der Waals surface area contributed by atoms with Gasteiger partial charge in [0.2, 0.25) is 5.91 Å². The summed E-state index contributed by atoms with van der Waals surface area (Å²) in [6.07, 6.45) is 2.83. The Bertz CT molecular complexity index is 450. The molecule has 1 atom stereocenters. The molecule has 0 aromatic heterocycles. The maximum absolute atomic E-state index is 12.6. The highest BCUT2D eigenvalue weighted by Crippen LogP contribution is 2.30. The predicted octanol–water partition coefficient (Wildman–Crippen LogP) is 0.504. The standard InChI is InChI=1S/C14H23N3O4/c1-14(2)4-3-6-16(7-5-14)13(21)17-9-11(18)15-8-10(17)12(19)20/h10H,3-9H2,1-2H3,(H,15,18)(H,19,20). The molecular weight excluding hydrogens is 274 g/mol. The number of carboxylic acid groups (broad SMARTS) is 1. The summed E-state index contributed by atoms with van der Waals surface area (Å²) in [4.78, 5) is 38.2. The minimum Gasteiger partial charge on any atom is -0.480 e. The monoisotopic (exact) mass is 297 g/mol. The van der Waals surface area contributed by atoms with E-state index in [0.29, 0.717) is 13.1 Å². The highest BCUT2D eigenvalue weighted by atomic mass is 16.4. The van der Waals surface area contributed by atoms with E-state index >= 15 is 0 Å². The summed E-state index contributed by atoms with van der Waals surface area (Å²) >= 11 is 0. The second-order valence-corrected chi connectivity index (χ2v) is 6.57. The van der Waals surface area contributed by atoms with E-state index < -0.39 is 12.0 Å². The molecule has 118 valence electrons. The third kappa shape index (κ3) is 3.65. The number of aliphatic carboxylic acids is 1. The third-order valence-corrected chi connectivity index (χ3v) is 4.32. The molecule has 7 nitrogen and oxygen atoms in total. The van der Waals surface area contributed by atoms with Crippen LogP contribution in [0.5, 0.6) is 0 Å². The van der Waals surface area contributed by atoms with Crippen LogP contribution >= 0.6 is 0 Å². The van der Waals surface area contributed by atoms with Gasteiger partial charge in [0, 0.05) is 19.6 Å². The smallest absolute Gasteiger partial charge is 0.328 e. The zero-order chi connectivity index (χ0) is 15.6. The maximum atomic E-state index is 12.6. The fraction of sp³-hybridized carbons (Fsp3) is 0.786. The molecule has 2 aliphatic heterocycles. The van der Waals surface area contributed by atoms with Crippen LogP contribution in [0.2, 0.25) is 0 Å². The first kappa shape index (κ1) is 15.6. The van der Waals surface area contributed by atoms with Crippen molar-refractivity contribution in [2.45, 2.75) is 39.2 Å². The quantitative estimate of drug-likeness (QED) is 0.737. The number of likely N-dealkylation sites (tertiary alicyclic amines) is 1. The summed E-state index contributed by atoms with van der Waals surface area (Å²) in [6, 6.07) is -1.32. The molecule has 2 fully saturated rings. The SMILES string of the molecule is CC1(C)CCCN(C(=O)N2CC(=O)NCC2C(=O)O)CC1. The number of rotatable bonds is 1. The van der Waals surface area contributed by atoms with Crippen LogP contribution in [-0.2, 0) is 9.59 Å². The van der Waals surface area contributed by atoms with Crippen LogP contribution in [-0.4, -0.2) is 65.0 Å². The Balaban J connectivity index is 2.09. The highest BCUT2D eigenvalue weighted by molar-refractivity contribution is 5.90. The summed E-state index contributed by atoms with van der Waals surface area (Å²) in [5.74, 6) is -1.39. The lowest BCUT2D eigenvalue weighted by atomic mass is 9.85. The molecule has 21 heavy (non-hydrogen) atoms. The van der Waals surface area contributed by atoms with E-state index in [1.807, 2.05) is 0 Å². The van der Waals surface area contributed by atoms with Crippen molar-refractivity contribution < 1.29 is 19.5 Å². The van der Waals surface area contributed by atoms with Crippen molar-refractivity contribution in [3.63, 3.8) is 0 Å². The summed E-state index contributed by atoms with van der Waals surface area (Å²) in [7, 11) is 0. The molecule has 0 aromatic carbocycles. The number of nitrogens with zero attached hydrogens (tertiary/aromatic N) is 2. The van der Waals surface area contributed by atoms with Crippen LogP contribution in [0, 0.1) is 5.41 Å². The van der Waals surface area contributed by atoms with Crippen LogP contribution in [0.4, 0.5) is 4.79 Å². The van der Waals surface area contributed by atoms with Crippen molar-refractivity contribution in [2.75, 3.05) is 26.2 Å². The van der Waals surface area contributed by atoms with Gasteiger partial charge < -0.3 is 15.3 Å². The van der Waals surface area contributed by atoms with Crippen LogP contribution in [0.1, 0.15) is 33.1 Å². The van der Waals surface area contributed by atoms with Crippen LogP contribution in [0.3, 0.4) is 0 Å². The van der Waals surface area contributed by atoms with Gasteiger partial charge in [0.05, 0.1) is 0 Å². The number of amides is 3. The molecule has 2 aliphatic rings. The predicted molar refractivity (Wildman–Crippen MR) is 75.7 cm³/mol. The van der Waals surface area contributed by atoms with E-state index in [0.717, 1.165) is 19.3 Å². The molecule has 0 radical (unpaired) electrons. The van der Waals surface area contributed by atoms with Crippen molar-refractivity contribution in [1.82, 2.24) is 15.1 Å². The molecule has 0 spiro atoms. The average molecular weight is 297 g/mol. The second kappa shape index (κ2) is 5.91. The van der Waals surface area contributed by atoms with Gasteiger partial charge in [-0.25, -0.2) is 9.59 Å². The highest BCUT2D eigenvalue weighted by Gasteiger charge is 2.38. The van der Waals surface area contributed by atoms with Crippen molar-refractivity contribution in [1.29, 1.82) is 0 Å². The molecule has 1 unspecified atom stereocenters. The lowest BCUT2D eigenvalue weighted by Crippen LogP contribution is -2.61. The number of carboxylic acids is 1. The number of piperazine rings is 1. The van der Waals surface area contributed by atoms with Crippen molar-refractivity contribution in [3.05, 3.63) is 0 Å².